The van der Waals surface area contributed by atoms with Crippen molar-refractivity contribution in [2.45, 2.75) is 57.9 Å². The van der Waals surface area contributed by atoms with Crippen LogP contribution in [0.25, 0.3) is 0 Å². The highest BCUT2D eigenvalue weighted by atomic mass is 15.2. The predicted molar refractivity (Wildman–Crippen MR) is 69.4 cm³/mol. The Bertz CT molecular complexity index is 203. The molecule has 1 unspecified atom stereocenters. The summed E-state index contributed by atoms with van der Waals surface area (Å²) < 4.78 is 0. The van der Waals surface area contributed by atoms with Crippen molar-refractivity contribution in [1.82, 2.24) is 4.90 Å². The zero-order chi connectivity index (χ0) is 11.4. The van der Waals surface area contributed by atoms with Crippen LogP contribution in [0.3, 0.4) is 0 Å². The van der Waals surface area contributed by atoms with Crippen LogP contribution in [-0.2, 0) is 0 Å². The van der Waals surface area contributed by atoms with E-state index >= 15 is 0 Å². The second-order valence-corrected chi connectivity index (χ2v) is 5.93. The maximum atomic E-state index is 5.65. The first-order valence-electron chi connectivity index (χ1n) is 7.25. The van der Waals surface area contributed by atoms with Gasteiger partial charge in [0.25, 0.3) is 0 Å². The third-order valence-electron chi connectivity index (χ3n) is 4.56. The number of rotatable bonds is 4. The number of fused-ring (bicyclic) bond motifs is 1. The maximum absolute atomic E-state index is 5.65. The minimum absolute atomic E-state index is 0.783. The van der Waals surface area contributed by atoms with Gasteiger partial charge in [-0.3, -0.25) is 4.90 Å². The SMILES string of the molecule is CC(CCN)CN1CCC[C@H]2CCCC[C@H]21. The van der Waals surface area contributed by atoms with Gasteiger partial charge in [0.2, 0.25) is 0 Å². The van der Waals surface area contributed by atoms with Gasteiger partial charge >= 0.3 is 0 Å². The molecule has 2 N–H and O–H groups in total. The predicted octanol–water partition coefficient (Wildman–Crippen LogP) is 2.63. The number of nitrogens with two attached hydrogens (primary N) is 1. The first-order chi connectivity index (χ1) is 7.81. The van der Waals surface area contributed by atoms with Crippen LogP contribution in [0.5, 0.6) is 0 Å². The van der Waals surface area contributed by atoms with E-state index in [0.717, 1.165) is 24.4 Å². The van der Waals surface area contributed by atoms with Crippen LogP contribution in [0.2, 0.25) is 0 Å². The van der Waals surface area contributed by atoms with Gasteiger partial charge in [0.05, 0.1) is 0 Å². The molecule has 2 aliphatic rings. The molecule has 1 saturated carbocycles. The molecule has 1 heterocycles. The van der Waals surface area contributed by atoms with E-state index in [4.69, 9.17) is 5.73 Å². The quantitative estimate of drug-likeness (QED) is 0.795. The zero-order valence-electron chi connectivity index (χ0n) is 10.8. The highest BCUT2D eigenvalue weighted by molar-refractivity contribution is 4.87. The smallest absolute Gasteiger partial charge is 0.0124 e. The van der Waals surface area contributed by atoms with Crippen LogP contribution < -0.4 is 5.73 Å². The number of nitrogens with zero attached hydrogens (tertiary/aromatic N) is 1. The summed E-state index contributed by atoms with van der Waals surface area (Å²) in [6.07, 6.45) is 10.00. The summed E-state index contributed by atoms with van der Waals surface area (Å²) in [5.41, 5.74) is 5.65. The molecule has 0 aromatic carbocycles. The molecule has 0 aromatic rings. The lowest BCUT2D eigenvalue weighted by Crippen LogP contribution is -2.48. The van der Waals surface area contributed by atoms with E-state index in [2.05, 4.69) is 11.8 Å². The van der Waals surface area contributed by atoms with Crippen molar-refractivity contribution in [1.29, 1.82) is 0 Å². The van der Waals surface area contributed by atoms with Crippen molar-refractivity contribution in [3.05, 3.63) is 0 Å². The van der Waals surface area contributed by atoms with Crippen molar-refractivity contribution in [2.75, 3.05) is 19.6 Å². The van der Waals surface area contributed by atoms with Crippen molar-refractivity contribution in [2.24, 2.45) is 17.6 Å². The zero-order valence-corrected chi connectivity index (χ0v) is 10.8. The van der Waals surface area contributed by atoms with Crippen LogP contribution in [-0.4, -0.2) is 30.6 Å². The summed E-state index contributed by atoms with van der Waals surface area (Å²) in [6.45, 7) is 5.84. The minimum atomic E-state index is 0.783. The third kappa shape index (κ3) is 2.98. The largest absolute Gasteiger partial charge is 0.330 e. The maximum Gasteiger partial charge on any atom is 0.0124 e. The summed E-state index contributed by atoms with van der Waals surface area (Å²) in [5, 5.41) is 0. The fourth-order valence-electron chi connectivity index (χ4n) is 3.73. The van der Waals surface area contributed by atoms with Gasteiger partial charge in [-0.25, -0.2) is 0 Å². The number of likely N-dealkylation sites (tertiary alicyclic amines) is 1. The molecule has 16 heavy (non-hydrogen) atoms. The van der Waals surface area contributed by atoms with Crippen LogP contribution in [0.4, 0.5) is 0 Å². The number of hydrogen-bond acceptors (Lipinski definition) is 2. The van der Waals surface area contributed by atoms with E-state index in [1.165, 1.54) is 58.0 Å². The van der Waals surface area contributed by atoms with Gasteiger partial charge in [0.15, 0.2) is 0 Å². The Morgan fingerprint density at radius 1 is 1.19 bits per heavy atom. The second-order valence-electron chi connectivity index (χ2n) is 5.93. The first-order valence-corrected chi connectivity index (χ1v) is 7.25. The van der Waals surface area contributed by atoms with E-state index in [1.807, 2.05) is 0 Å². The van der Waals surface area contributed by atoms with Gasteiger partial charge in [-0.05, 0) is 57.0 Å². The molecule has 94 valence electrons. The Morgan fingerprint density at radius 3 is 2.75 bits per heavy atom. The van der Waals surface area contributed by atoms with Gasteiger partial charge in [-0.2, -0.15) is 0 Å². The van der Waals surface area contributed by atoms with Crippen molar-refractivity contribution in [3.63, 3.8) is 0 Å². The lowest BCUT2D eigenvalue weighted by Gasteiger charge is -2.45. The molecule has 0 bridgehead atoms. The average Bonchev–Trinajstić information content (AvgIpc) is 2.30. The molecule has 2 nitrogen and oxygen atoms in total. The van der Waals surface area contributed by atoms with E-state index in [9.17, 15) is 0 Å². The Balaban J connectivity index is 1.87. The Kier molecular flexibility index (Phi) is 4.66. The Labute approximate surface area is 101 Å². The fourth-order valence-corrected chi connectivity index (χ4v) is 3.73. The number of piperidine rings is 1. The molecule has 0 spiro atoms. The highest BCUT2D eigenvalue weighted by Gasteiger charge is 2.33. The summed E-state index contributed by atoms with van der Waals surface area (Å²) in [7, 11) is 0. The first kappa shape index (κ1) is 12.4. The lowest BCUT2D eigenvalue weighted by atomic mass is 9.78. The third-order valence-corrected chi connectivity index (χ3v) is 4.56. The Morgan fingerprint density at radius 2 is 1.94 bits per heavy atom. The standard InChI is InChI=1S/C14H28N2/c1-12(8-9-15)11-16-10-4-6-13-5-2-3-7-14(13)16/h12-14H,2-11,15H2,1H3/t12?,13-,14-/m1/s1. The normalized spacial score (nSPS) is 33.4. The minimum Gasteiger partial charge on any atom is -0.330 e. The summed E-state index contributed by atoms with van der Waals surface area (Å²) in [6, 6.07) is 0.919. The van der Waals surface area contributed by atoms with E-state index in [-0.39, 0.29) is 0 Å². The second kappa shape index (κ2) is 6.02. The summed E-state index contributed by atoms with van der Waals surface area (Å²) in [4.78, 5) is 2.79. The van der Waals surface area contributed by atoms with Crippen LogP contribution in [0.15, 0.2) is 0 Å². The van der Waals surface area contributed by atoms with Gasteiger partial charge < -0.3 is 5.73 Å². The molecule has 0 radical (unpaired) electrons. The van der Waals surface area contributed by atoms with Crippen LogP contribution in [0, 0.1) is 11.8 Å². The van der Waals surface area contributed by atoms with Crippen molar-refractivity contribution in [3.8, 4) is 0 Å². The van der Waals surface area contributed by atoms with E-state index in [1.54, 1.807) is 0 Å². The summed E-state index contributed by atoms with van der Waals surface area (Å²) >= 11 is 0. The molecule has 0 amide bonds. The van der Waals surface area contributed by atoms with Crippen LogP contribution in [0.1, 0.15) is 51.9 Å². The molecule has 1 saturated heterocycles. The lowest BCUT2D eigenvalue weighted by molar-refractivity contribution is 0.0493. The molecular weight excluding hydrogens is 196 g/mol. The van der Waals surface area contributed by atoms with Gasteiger partial charge in [0.1, 0.15) is 0 Å². The van der Waals surface area contributed by atoms with Crippen molar-refractivity contribution >= 4 is 0 Å². The average molecular weight is 224 g/mol. The van der Waals surface area contributed by atoms with Gasteiger partial charge in [-0.1, -0.05) is 19.8 Å². The van der Waals surface area contributed by atoms with E-state index < -0.39 is 0 Å². The monoisotopic (exact) mass is 224 g/mol. The van der Waals surface area contributed by atoms with Crippen molar-refractivity contribution < 1.29 is 0 Å². The molecule has 3 atom stereocenters. The number of hydrogen-bond donors (Lipinski definition) is 1. The molecule has 1 aliphatic carbocycles. The molecule has 0 aromatic heterocycles. The van der Waals surface area contributed by atoms with Gasteiger partial charge in [0, 0.05) is 12.6 Å². The van der Waals surface area contributed by atoms with E-state index in [0.29, 0.717) is 0 Å². The van der Waals surface area contributed by atoms with Gasteiger partial charge in [-0.15, -0.1) is 0 Å². The molecule has 1 aliphatic heterocycles. The summed E-state index contributed by atoms with van der Waals surface area (Å²) in [5.74, 6) is 1.80. The highest BCUT2D eigenvalue weighted by Crippen LogP contribution is 2.35. The topological polar surface area (TPSA) is 29.3 Å². The van der Waals surface area contributed by atoms with Crippen LogP contribution >= 0.6 is 0 Å². The molecule has 2 fully saturated rings. The molecular formula is C14H28N2. The molecule has 2 heteroatoms. The Hall–Kier alpha value is -0.0800. The fraction of sp³-hybridized carbons (Fsp3) is 1.00. The molecule has 2 rings (SSSR count).